The van der Waals surface area contributed by atoms with Crippen LogP contribution >= 0.6 is 0 Å². The van der Waals surface area contributed by atoms with E-state index in [1.54, 1.807) is 0 Å². The number of hydrogen-bond acceptors (Lipinski definition) is 4. The topological polar surface area (TPSA) is 61.6 Å². The fraction of sp³-hybridized carbons (Fsp3) is 0.933. The van der Waals surface area contributed by atoms with E-state index in [4.69, 9.17) is 5.73 Å². The molecule has 3 N–H and O–H groups in total. The molecule has 5 nitrogen and oxygen atoms in total. The first-order valence-electron chi connectivity index (χ1n) is 7.95. The molecule has 0 aromatic carbocycles. The minimum Gasteiger partial charge on any atom is -0.368 e. The van der Waals surface area contributed by atoms with Crippen LogP contribution in [0.25, 0.3) is 0 Å². The number of amides is 1. The van der Waals surface area contributed by atoms with Crippen molar-refractivity contribution in [1.29, 1.82) is 0 Å². The van der Waals surface area contributed by atoms with Crippen LogP contribution in [0.5, 0.6) is 0 Å². The smallest absolute Gasteiger partial charge is 0.238 e. The molecule has 1 amide bonds. The number of likely N-dealkylation sites (tertiary alicyclic amines) is 1. The molecule has 2 heterocycles. The lowest BCUT2D eigenvalue weighted by Crippen LogP contribution is -2.60. The maximum atomic E-state index is 11.8. The SMILES string of the molecule is CCCNC(C)(CN1CCC2CCC(C1)N2C)C(N)=O. The summed E-state index contributed by atoms with van der Waals surface area (Å²) >= 11 is 0. The summed E-state index contributed by atoms with van der Waals surface area (Å²) in [5.41, 5.74) is 5.02. The molecule has 0 radical (unpaired) electrons. The van der Waals surface area contributed by atoms with E-state index in [-0.39, 0.29) is 5.91 Å². The zero-order chi connectivity index (χ0) is 14.8. The molecular formula is C15H30N4O. The third-order valence-corrected chi connectivity index (χ3v) is 5.08. The number of hydrogen-bond donors (Lipinski definition) is 2. The van der Waals surface area contributed by atoms with E-state index in [9.17, 15) is 4.79 Å². The molecule has 0 spiro atoms. The quantitative estimate of drug-likeness (QED) is 0.740. The van der Waals surface area contributed by atoms with E-state index in [1.165, 1.54) is 19.3 Å². The standard InChI is InChI=1S/C15H30N4O/c1-4-8-17-15(2,14(16)20)11-19-9-7-12-5-6-13(10-19)18(12)3/h12-13,17H,4-11H2,1-3H3,(H2,16,20). The number of rotatable bonds is 6. The molecule has 3 atom stereocenters. The van der Waals surface area contributed by atoms with Crippen LogP contribution in [0.4, 0.5) is 0 Å². The van der Waals surface area contributed by atoms with E-state index in [1.807, 2.05) is 6.92 Å². The van der Waals surface area contributed by atoms with Crippen molar-refractivity contribution < 1.29 is 4.79 Å². The van der Waals surface area contributed by atoms with Gasteiger partial charge in [-0.3, -0.25) is 14.6 Å². The van der Waals surface area contributed by atoms with Crippen molar-refractivity contribution in [2.24, 2.45) is 5.73 Å². The molecule has 0 aromatic heterocycles. The molecule has 2 rings (SSSR count). The van der Waals surface area contributed by atoms with Crippen LogP contribution in [0.1, 0.15) is 39.5 Å². The molecule has 2 fully saturated rings. The van der Waals surface area contributed by atoms with Gasteiger partial charge in [-0.1, -0.05) is 6.92 Å². The fourth-order valence-corrected chi connectivity index (χ4v) is 3.59. The van der Waals surface area contributed by atoms with Crippen LogP contribution in [0, 0.1) is 0 Å². The van der Waals surface area contributed by atoms with Gasteiger partial charge in [0, 0.05) is 25.2 Å². The van der Waals surface area contributed by atoms with Crippen molar-refractivity contribution in [3.05, 3.63) is 0 Å². The summed E-state index contributed by atoms with van der Waals surface area (Å²) in [5.74, 6) is -0.242. The van der Waals surface area contributed by atoms with E-state index >= 15 is 0 Å². The maximum Gasteiger partial charge on any atom is 0.238 e. The molecule has 2 saturated heterocycles. The zero-order valence-corrected chi connectivity index (χ0v) is 13.2. The molecule has 2 aliphatic heterocycles. The molecular weight excluding hydrogens is 252 g/mol. The highest BCUT2D eigenvalue weighted by Gasteiger charge is 2.38. The lowest BCUT2D eigenvalue weighted by molar-refractivity contribution is -0.124. The maximum absolute atomic E-state index is 11.8. The van der Waals surface area contributed by atoms with Gasteiger partial charge in [0.05, 0.1) is 0 Å². The van der Waals surface area contributed by atoms with E-state index in [2.05, 4.69) is 29.1 Å². The van der Waals surface area contributed by atoms with E-state index < -0.39 is 5.54 Å². The Bertz CT molecular complexity index is 349. The summed E-state index contributed by atoms with van der Waals surface area (Å²) < 4.78 is 0. The summed E-state index contributed by atoms with van der Waals surface area (Å²) in [6.07, 6.45) is 4.83. The molecule has 3 unspecified atom stereocenters. The predicted octanol–water partition coefficient (Wildman–Crippen LogP) is 0.399. The monoisotopic (exact) mass is 282 g/mol. The van der Waals surface area contributed by atoms with Crippen LogP contribution in [0.15, 0.2) is 0 Å². The minimum absolute atomic E-state index is 0.242. The molecule has 0 aromatic rings. The van der Waals surface area contributed by atoms with Gasteiger partial charge < -0.3 is 11.1 Å². The van der Waals surface area contributed by atoms with Crippen molar-refractivity contribution in [2.45, 2.75) is 57.2 Å². The van der Waals surface area contributed by atoms with Gasteiger partial charge in [-0.15, -0.1) is 0 Å². The molecule has 2 aliphatic rings. The van der Waals surface area contributed by atoms with Crippen molar-refractivity contribution in [3.63, 3.8) is 0 Å². The highest BCUT2D eigenvalue weighted by molar-refractivity contribution is 5.84. The third kappa shape index (κ3) is 3.32. The number of nitrogens with zero attached hydrogens (tertiary/aromatic N) is 2. The Morgan fingerprint density at radius 3 is 2.70 bits per heavy atom. The van der Waals surface area contributed by atoms with Gasteiger partial charge in [0.1, 0.15) is 5.54 Å². The molecule has 0 aliphatic carbocycles. The molecule has 20 heavy (non-hydrogen) atoms. The predicted molar refractivity (Wildman–Crippen MR) is 81.5 cm³/mol. The lowest BCUT2D eigenvalue weighted by Gasteiger charge is -2.35. The Kier molecular flexibility index (Phi) is 5.04. The number of nitrogens with two attached hydrogens (primary N) is 1. The summed E-state index contributed by atoms with van der Waals surface area (Å²) in [7, 11) is 2.24. The Labute approximate surface area is 122 Å². The molecule has 5 heteroatoms. The van der Waals surface area contributed by atoms with Crippen LogP contribution < -0.4 is 11.1 Å². The summed E-state index contributed by atoms with van der Waals surface area (Å²) in [6.45, 7) is 7.73. The van der Waals surface area contributed by atoms with Gasteiger partial charge in [0.25, 0.3) is 0 Å². The van der Waals surface area contributed by atoms with Crippen LogP contribution in [0.2, 0.25) is 0 Å². The van der Waals surface area contributed by atoms with Crippen molar-refractivity contribution in [1.82, 2.24) is 15.1 Å². The third-order valence-electron chi connectivity index (χ3n) is 5.08. The van der Waals surface area contributed by atoms with Gasteiger partial charge in [-0.05, 0) is 52.7 Å². The number of nitrogens with one attached hydrogen (secondary N) is 1. The van der Waals surface area contributed by atoms with Crippen LogP contribution in [-0.2, 0) is 4.79 Å². The van der Waals surface area contributed by atoms with Gasteiger partial charge in [0.2, 0.25) is 5.91 Å². The Morgan fingerprint density at radius 1 is 1.35 bits per heavy atom. The van der Waals surface area contributed by atoms with Gasteiger partial charge in [-0.2, -0.15) is 0 Å². The van der Waals surface area contributed by atoms with E-state index in [0.717, 1.165) is 38.6 Å². The Hall–Kier alpha value is -0.650. The first kappa shape index (κ1) is 15.7. The summed E-state index contributed by atoms with van der Waals surface area (Å²) in [5, 5.41) is 3.34. The highest BCUT2D eigenvalue weighted by atomic mass is 16.1. The summed E-state index contributed by atoms with van der Waals surface area (Å²) in [6, 6.07) is 1.37. The number of carbonyl (C=O) groups is 1. The first-order chi connectivity index (χ1) is 9.46. The second-order valence-electron chi connectivity index (χ2n) is 6.70. The average molecular weight is 282 g/mol. The fourth-order valence-electron chi connectivity index (χ4n) is 3.59. The Balaban J connectivity index is 1.98. The Morgan fingerprint density at radius 2 is 2.05 bits per heavy atom. The summed E-state index contributed by atoms with van der Waals surface area (Å²) in [4.78, 5) is 16.8. The van der Waals surface area contributed by atoms with Crippen LogP contribution in [0.3, 0.4) is 0 Å². The first-order valence-corrected chi connectivity index (χ1v) is 7.95. The van der Waals surface area contributed by atoms with Gasteiger partial charge >= 0.3 is 0 Å². The van der Waals surface area contributed by atoms with E-state index in [0.29, 0.717) is 6.04 Å². The minimum atomic E-state index is -0.613. The number of primary amides is 1. The molecule has 2 bridgehead atoms. The largest absolute Gasteiger partial charge is 0.368 e. The van der Waals surface area contributed by atoms with Crippen molar-refractivity contribution in [3.8, 4) is 0 Å². The van der Waals surface area contributed by atoms with Gasteiger partial charge in [-0.25, -0.2) is 0 Å². The van der Waals surface area contributed by atoms with Crippen molar-refractivity contribution in [2.75, 3.05) is 33.2 Å². The second kappa shape index (κ2) is 6.41. The number of carbonyl (C=O) groups excluding carboxylic acids is 1. The average Bonchev–Trinajstić information content (AvgIpc) is 2.65. The zero-order valence-electron chi connectivity index (χ0n) is 13.2. The number of likely N-dealkylation sites (N-methyl/N-ethyl adjacent to an activating group) is 1. The number of fused-ring (bicyclic) bond motifs is 2. The second-order valence-corrected chi connectivity index (χ2v) is 6.70. The van der Waals surface area contributed by atoms with Crippen molar-refractivity contribution >= 4 is 5.91 Å². The lowest BCUT2D eigenvalue weighted by atomic mass is 9.99. The molecule has 0 saturated carbocycles. The van der Waals surface area contributed by atoms with Crippen LogP contribution in [-0.4, -0.2) is 66.6 Å². The highest BCUT2D eigenvalue weighted by Crippen LogP contribution is 2.28. The molecule has 116 valence electrons. The van der Waals surface area contributed by atoms with Gasteiger partial charge in [0.15, 0.2) is 0 Å². The normalized spacial score (nSPS) is 30.9.